The van der Waals surface area contributed by atoms with Crippen molar-refractivity contribution in [2.45, 2.75) is 52.1 Å². The molecule has 0 atom stereocenters. The van der Waals surface area contributed by atoms with Gasteiger partial charge in [0, 0.05) is 19.3 Å². The first-order valence-electron chi connectivity index (χ1n) is 7.70. The molecule has 0 bridgehead atoms. The third-order valence-electron chi connectivity index (χ3n) is 3.66. The average molecular weight is 265 g/mol. The van der Waals surface area contributed by atoms with Crippen LogP contribution in [-0.2, 0) is 13.1 Å². The van der Waals surface area contributed by atoms with Gasteiger partial charge in [-0.2, -0.15) is 0 Å². The van der Waals surface area contributed by atoms with Gasteiger partial charge in [-0.1, -0.05) is 25.0 Å². The lowest BCUT2D eigenvalue weighted by molar-refractivity contribution is 0.267. The van der Waals surface area contributed by atoms with E-state index in [1.54, 1.807) is 0 Å². The van der Waals surface area contributed by atoms with Crippen molar-refractivity contribution in [2.75, 3.05) is 26.2 Å². The van der Waals surface area contributed by atoms with Gasteiger partial charge in [0.25, 0.3) is 0 Å². The van der Waals surface area contributed by atoms with Crippen molar-refractivity contribution in [2.24, 2.45) is 0 Å². The summed E-state index contributed by atoms with van der Waals surface area (Å²) in [6.07, 6.45) is 8.72. The van der Waals surface area contributed by atoms with Crippen LogP contribution < -0.4 is 5.32 Å². The minimum absolute atomic E-state index is 0.831. The van der Waals surface area contributed by atoms with Gasteiger partial charge in [0.15, 0.2) is 0 Å². The van der Waals surface area contributed by atoms with Crippen molar-refractivity contribution in [1.82, 2.24) is 25.2 Å². The molecule has 1 aliphatic heterocycles. The van der Waals surface area contributed by atoms with E-state index in [-0.39, 0.29) is 0 Å². The molecule has 0 amide bonds. The highest BCUT2D eigenvalue weighted by molar-refractivity contribution is 4.91. The number of hydrogen-bond acceptors (Lipinski definition) is 4. The number of nitrogens with zero attached hydrogens (tertiary/aromatic N) is 4. The maximum absolute atomic E-state index is 4.20. The molecule has 1 saturated heterocycles. The van der Waals surface area contributed by atoms with Crippen LogP contribution in [0.4, 0.5) is 0 Å². The molecule has 0 spiro atoms. The molecule has 1 aromatic heterocycles. The third kappa shape index (κ3) is 5.28. The second-order valence-corrected chi connectivity index (χ2v) is 5.41. The van der Waals surface area contributed by atoms with Crippen LogP contribution >= 0.6 is 0 Å². The summed E-state index contributed by atoms with van der Waals surface area (Å²) < 4.78 is 1.98. The van der Waals surface area contributed by atoms with Gasteiger partial charge in [-0.15, -0.1) is 5.10 Å². The number of aromatic nitrogens is 3. The quantitative estimate of drug-likeness (QED) is 0.762. The molecule has 5 nitrogen and oxygen atoms in total. The van der Waals surface area contributed by atoms with E-state index in [0.29, 0.717) is 0 Å². The normalized spacial score (nSPS) is 17.5. The highest BCUT2D eigenvalue weighted by Gasteiger charge is 2.09. The number of hydrogen-bond donors (Lipinski definition) is 1. The minimum Gasteiger partial charge on any atom is -0.311 e. The molecule has 2 heterocycles. The van der Waals surface area contributed by atoms with Crippen LogP contribution in [0.1, 0.15) is 44.7 Å². The van der Waals surface area contributed by atoms with Gasteiger partial charge >= 0.3 is 0 Å². The van der Waals surface area contributed by atoms with Crippen molar-refractivity contribution in [3.05, 3.63) is 11.9 Å². The predicted molar refractivity (Wildman–Crippen MR) is 76.9 cm³/mol. The smallest absolute Gasteiger partial charge is 0.0964 e. The Kier molecular flexibility index (Phi) is 6.30. The fraction of sp³-hybridized carbons (Fsp3) is 0.857. The monoisotopic (exact) mass is 265 g/mol. The summed E-state index contributed by atoms with van der Waals surface area (Å²) in [5, 5.41) is 11.8. The maximum atomic E-state index is 4.20. The van der Waals surface area contributed by atoms with Gasteiger partial charge in [-0.3, -0.25) is 4.68 Å². The van der Waals surface area contributed by atoms with Crippen LogP contribution in [0.2, 0.25) is 0 Å². The number of rotatable bonds is 7. The van der Waals surface area contributed by atoms with Gasteiger partial charge in [0.05, 0.1) is 12.2 Å². The molecule has 0 aliphatic carbocycles. The van der Waals surface area contributed by atoms with E-state index in [1.165, 1.54) is 38.8 Å². The summed E-state index contributed by atoms with van der Waals surface area (Å²) in [4.78, 5) is 2.56. The first-order valence-corrected chi connectivity index (χ1v) is 7.70. The Balaban J connectivity index is 1.70. The molecular formula is C14H27N5. The lowest BCUT2D eigenvalue weighted by atomic mass is 10.2. The second-order valence-electron chi connectivity index (χ2n) is 5.41. The first-order chi connectivity index (χ1) is 9.38. The topological polar surface area (TPSA) is 46.0 Å². The van der Waals surface area contributed by atoms with Crippen molar-refractivity contribution < 1.29 is 0 Å². The Morgan fingerprint density at radius 3 is 2.68 bits per heavy atom. The SMILES string of the molecule is CCCNCc1cn(CCN2CCCCCC2)nn1. The molecule has 0 unspecified atom stereocenters. The number of nitrogens with one attached hydrogen (secondary N) is 1. The summed E-state index contributed by atoms with van der Waals surface area (Å²) in [5.41, 5.74) is 1.05. The lowest BCUT2D eigenvalue weighted by Crippen LogP contribution is -2.28. The number of likely N-dealkylation sites (tertiary alicyclic amines) is 1. The Morgan fingerprint density at radius 2 is 1.95 bits per heavy atom. The fourth-order valence-corrected chi connectivity index (χ4v) is 2.53. The van der Waals surface area contributed by atoms with Crippen LogP contribution in [-0.4, -0.2) is 46.1 Å². The Bertz CT molecular complexity index is 341. The summed E-state index contributed by atoms with van der Waals surface area (Å²) in [5.74, 6) is 0. The van der Waals surface area contributed by atoms with E-state index in [0.717, 1.165) is 38.3 Å². The zero-order valence-corrected chi connectivity index (χ0v) is 12.1. The summed E-state index contributed by atoms with van der Waals surface area (Å²) in [6.45, 7) is 8.61. The molecule has 5 heteroatoms. The van der Waals surface area contributed by atoms with E-state index in [9.17, 15) is 0 Å². The van der Waals surface area contributed by atoms with Crippen LogP contribution in [0, 0.1) is 0 Å². The zero-order chi connectivity index (χ0) is 13.3. The van der Waals surface area contributed by atoms with Crippen LogP contribution in [0.15, 0.2) is 6.20 Å². The van der Waals surface area contributed by atoms with E-state index in [1.807, 2.05) is 4.68 Å². The Hall–Kier alpha value is -0.940. The van der Waals surface area contributed by atoms with Gasteiger partial charge in [0.2, 0.25) is 0 Å². The van der Waals surface area contributed by atoms with Crippen molar-refractivity contribution in [3.8, 4) is 0 Å². The van der Waals surface area contributed by atoms with Crippen LogP contribution in [0.5, 0.6) is 0 Å². The highest BCUT2D eigenvalue weighted by Crippen LogP contribution is 2.09. The predicted octanol–water partition coefficient (Wildman–Crippen LogP) is 1.65. The summed E-state index contributed by atoms with van der Waals surface area (Å²) >= 11 is 0. The largest absolute Gasteiger partial charge is 0.311 e. The van der Waals surface area contributed by atoms with E-state index in [4.69, 9.17) is 0 Å². The molecule has 1 aromatic rings. The van der Waals surface area contributed by atoms with E-state index < -0.39 is 0 Å². The molecule has 108 valence electrons. The average Bonchev–Trinajstić information content (AvgIpc) is 2.71. The van der Waals surface area contributed by atoms with Crippen LogP contribution in [0.3, 0.4) is 0 Å². The van der Waals surface area contributed by atoms with Crippen molar-refractivity contribution in [1.29, 1.82) is 0 Å². The van der Waals surface area contributed by atoms with Crippen LogP contribution in [0.25, 0.3) is 0 Å². The second kappa shape index (κ2) is 8.27. The fourth-order valence-electron chi connectivity index (χ4n) is 2.53. The molecule has 1 N–H and O–H groups in total. The summed E-state index contributed by atoms with van der Waals surface area (Å²) in [7, 11) is 0. The molecule has 1 fully saturated rings. The van der Waals surface area contributed by atoms with Crippen molar-refractivity contribution in [3.63, 3.8) is 0 Å². The van der Waals surface area contributed by atoms with Gasteiger partial charge < -0.3 is 10.2 Å². The van der Waals surface area contributed by atoms with Crippen molar-refractivity contribution >= 4 is 0 Å². The van der Waals surface area contributed by atoms with Gasteiger partial charge in [0.1, 0.15) is 0 Å². The molecule has 2 rings (SSSR count). The van der Waals surface area contributed by atoms with Gasteiger partial charge in [-0.05, 0) is 38.9 Å². The standard InChI is InChI=1S/C14H27N5/c1-2-7-15-12-14-13-19(17-16-14)11-10-18-8-5-3-4-6-9-18/h13,15H,2-12H2,1H3. The minimum atomic E-state index is 0.831. The van der Waals surface area contributed by atoms with E-state index in [2.05, 4.69) is 33.6 Å². The zero-order valence-electron chi connectivity index (χ0n) is 12.1. The Labute approximate surface area is 116 Å². The molecule has 0 radical (unpaired) electrons. The lowest BCUT2D eigenvalue weighted by Gasteiger charge is -2.19. The molecule has 0 aromatic carbocycles. The Morgan fingerprint density at radius 1 is 1.16 bits per heavy atom. The molecule has 19 heavy (non-hydrogen) atoms. The maximum Gasteiger partial charge on any atom is 0.0964 e. The van der Waals surface area contributed by atoms with Gasteiger partial charge in [-0.25, -0.2) is 0 Å². The molecular weight excluding hydrogens is 238 g/mol. The third-order valence-corrected chi connectivity index (χ3v) is 3.66. The summed E-state index contributed by atoms with van der Waals surface area (Å²) in [6, 6.07) is 0. The molecule has 0 saturated carbocycles. The highest BCUT2D eigenvalue weighted by atomic mass is 15.4. The first kappa shape index (κ1) is 14.5. The van der Waals surface area contributed by atoms with E-state index >= 15 is 0 Å². The molecule has 1 aliphatic rings.